The number of guanidine groups is 1. The van der Waals surface area contributed by atoms with Crippen molar-refractivity contribution < 1.29 is 97.1 Å². The van der Waals surface area contributed by atoms with Gasteiger partial charge in [0.2, 0.25) is 88.6 Å². The van der Waals surface area contributed by atoms with Crippen molar-refractivity contribution in [2.45, 2.75) is 261 Å². The molecule has 7 aromatic rings. The summed E-state index contributed by atoms with van der Waals surface area (Å²) in [6.07, 6.45) is 3.65. The Hall–Kier alpha value is -15.0. The van der Waals surface area contributed by atoms with E-state index < -0.39 is 216 Å². The van der Waals surface area contributed by atoms with Crippen molar-refractivity contribution in [2.75, 3.05) is 39.3 Å². The summed E-state index contributed by atoms with van der Waals surface area (Å²) < 4.78 is 0. The van der Waals surface area contributed by atoms with E-state index in [-0.39, 0.29) is 126 Å². The van der Waals surface area contributed by atoms with Gasteiger partial charge in [-0.3, -0.25) is 77.3 Å². The second kappa shape index (κ2) is 62.0. The van der Waals surface area contributed by atoms with Crippen LogP contribution in [-0.2, 0) is 115 Å². The minimum absolute atomic E-state index is 0.00227. The van der Waals surface area contributed by atoms with E-state index in [1.54, 1.807) is 114 Å². The summed E-state index contributed by atoms with van der Waals surface area (Å²) in [4.78, 5) is 242. The van der Waals surface area contributed by atoms with Crippen LogP contribution in [0, 0.1) is 23.2 Å². The van der Waals surface area contributed by atoms with Gasteiger partial charge < -0.3 is 144 Å². The molecule has 16 atom stereocenters. The van der Waals surface area contributed by atoms with Gasteiger partial charge in [0.25, 0.3) is 0 Å². The minimum atomic E-state index is -1.95. The zero-order chi connectivity index (χ0) is 108. The average molecular weight is 2040 g/mol. The number of H-pyrrole nitrogens is 2. The number of aliphatic carboxylic acids is 1. The maximum atomic E-state index is 15.3. The first kappa shape index (κ1) is 119. The average Bonchev–Trinajstić information content (AvgIpc) is 1.70. The molecule has 0 spiro atoms. The predicted molar refractivity (Wildman–Crippen MR) is 548 cm³/mol. The van der Waals surface area contributed by atoms with Gasteiger partial charge in [0.1, 0.15) is 96.1 Å². The highest BCUT2D eigenvalue weighted by molar-refractivity contribution is 6.01. The number of imidazole rings is 1. The number of aliphatic hydroxyl groups excluding tert-OH is 1. The van der Waals surface area contributed by atoms with Crippen LogP contribution in [0.15, 0.2) is 152 Å². The fraction of sp³-hybridized carbons (Fsp3) is 0.490. The molecule has 147 heavy (non-hydrogen) atoms. The number of aliphatic hydroxyl groups is 1. The molecule has 0 saturated heterocycles. The van der Waals surface area contributed by atoms with Gasteiger partial charge in [-0.05, 0) is 180 Å². The SMILES string of the molecule is CC[C@H](C)[C@H](NC(=O)[C@H](Cc1c[nH]c2ccccc12)NC(=O)[C@H](CCCCN)NC(=O)[C@H](CCCCN)NC(=O)[C@H](CC(C)C)NC(=O)[C@H](CCCNC(=N)N)NC(=O)[C@H](Cc1ccccc1)NC(=O)[C@@H](NC(=O)[C@H](Cc1cnc[nH]1)NC(=O)[C@@H](NC(=O)[C@H](Cc1ccc(O)cc1)NC(=O)[C@H](Cc1ccccc1)NC(=O)CNC(=O)[C@H](Cc1ccc(O)cc1)NC(=O)[C@H](CCCCN)NC(=O)CN)[C@@H](C)O)C(C)C)C(=O)O. The summed E-state index contributed by atoms with van der Waals surface area (Å²) in [6.45, 7) is 10.7. The molecule has 0 unspecified atom stereocenters. The van der Waals surface area contributed by atoms with E-state index in [4.69, 9.17) is 34.1 Å². The first-order valence-corrected chi connectivity index (χ1v) is 49.7. The monoisotopic (exact) mass is 2040 g/mol. The topological polar surface area (TPSA) is 745 Å². The number of unbranched alkanes of at least 4 members (excludes halogenated alkanes) is 3. The van der Waals surface area contributed by atoms with Gasteiger partial charge in [-0.1, -0.05) is 151 Å². The maximum absolute atomic E-state index is 15.3. The number of aromatic hydroxyl groups is 2. The normalized spacial score (nSPS) is 14.5. The molecule has 0 aliphatic rings. The van der Waals surface area contributed by atoms with Crippen molar-refractivity contribution in [2.24, 2.45) is 46.4 Å². The van der Waals surface area contributed by atoms with E-state index in [2.05, 4.69) is 100 Å². The zero-order valence-corrected chi connectivity index (χ0v) is 84.2. The van der Waals surface area contributed by atoms with Crippen molar-refractivity contribution in [1.82, 2.24) is 100 Å². The number of carboxylic acids is 1. The Bertz CT molecular complexity index is 5450. The Morgan fingerprint density at radius 1 is 0.381 bits per heavy atom. The van der Waals surface area contributed by atoms with Crippen molar-refractivity contribution in [3.8, 4) is 11.5 Å². The summed E-state index contributed by atoms with van der Waals surface area (Å²) >= 11 is 0. The number of fused-ring (bicyclic) bond motifs is 1. The van der Waals surface area contributed by atoms with Crippen molar-refractivity contribution >= 4 is 111 Å². The first-order valence-electron chi connectivity index (χ1n) is 49.7. The third-order valence-corrected chi connectivity index (χ3v) is 24.6. The fourth-order valence-corrected chi connectivity index (χ4v) is 16.2. The van der Waals surface area contributed by atoms with Gasteiger partial charge in [-0.2, -0.15) is 0 Å². The second-order valence-electron chi connectivity index (χ2n) is 37.3. The number of phenols is 2. The van der Waals surface area contributed by atoms with Crippen LogP contribution in [0.3, 0.4) is 0 Å². The molecule has 5 aromatic carbocycles. The van der Waals surface area contributed by atoms with E-state index >= 15 is 28.8 Å². The highest BCUT2D eigenvalue weighted by atomic mass is 16.4. The number of carboxylic acid groups (broad SMARTS) is 1. The van der Waals surface area contributed by atoms with Gasteiger partial charge in [0.05, 0.1) is 25.5 Å². The summed E-state index contributed by atoms with van der Waals surface area (Å²) in [7, 11) is 0. The number of rotatable bonds is 65. The number of benzene rings is 5. The molecule has 7 rings (SSSR count). The lowest BCUT2D eigenvalue weighted by Crippen LogP contribution is -2.63. The lowest BCUT2D eigenvalue weighted by Gasteiger charge is -2.30. The van der Waals surface area contributed by atoms with Gasteiger partial charge >= 0.3 is 5.97 Å². The number of nitrogens with zero attached hydrogens (tertiary/aromatic N) is 1. The molecular weight excluding hydrogens is 1900 g/mol. The molecule has 0 bridgehead atoms. The van der Waals surface area contributed by atoms with Crippen molar-refractivity contribution in [1.29, 1.82) is 5.41 Å². The number of hydrogen-bond acceptors (Lipinski definition) is 25. The summed E-state index contributed by atoms with van der Waals surface area (Å²) in [5, 5.41) is 93.5. The van der Waals surface area contributed by atoms with E-state index in [1.807, 2.05) is 18.2 Å². The van der Waals surface area contributed by atoms with Crippen LogP contribution in [-0.4, -0.2) is 266 Å². The molecule has 0 saturated carbocycles. The number of nitrogens with two attached hydrogens (primary N) is 5. The molecule has 2 heterocycles. The Morgan fingerprint density at radius 3 is 1.18 bits per heavy atom. The molecule has 0 aliphatic carbocycles. The van der Waals surface area contributed by atoms with Crippen LogP contribution in [0.4, 0.5) is 0 Å². The molecule has 0 radical (unpaired) electrons. The number of para-hydroxylation sites is 1. The van der Waals surface area contributed by atoms with E-state index in [0.717, 1.165) is 17.8 Å². The largest absolute Gasteiger partial charge is 0.508 e. The fourth-order valence-electron chi connectivity index (χ4n) is 16.2. The Kier molecular flexibility index (Phi) is 50.2. The second-order valence-corrected chi connectivity index (χ2v) is 37.3. The third kappa shape index (κ3) is 40.9. The lowest BCUT2D eigenvalue weighted by molar-refractivity contribution is -0.144. The molecule has 0 aliphatic heterocycles. The highest BCUT2D eigenvalue weighted by Gasteiger charge is 2.41. The zero-order valence-electron chi connectivity index (χ0n) is 84.2. The van der Waals surface area contributed by atoms with Crippen LogP contribution in [0.1, 0.15) is 165 Å². The van der Waals surface area contributed by atoms with Crippen molar-refractivity contribution in [3.05, 3.63) is 186 Å². The molecule has 800 valence electrons. The first-order chi connectivity index (χ1) is 70.2. The number of phenolic OH excluding ortho intramolecular Hbond substituents is 2. The smallest absolute Gasteiger partial charge is 0.326 e. The molecule has 2 aromatic heterocycles. The molecule has 45 nitrogen and oxygen atoms in total. The highest BCUT2D eigenvalue weighted by Crippen LogP contribution is 2.23. The minimum Gasteiger partial charge on any atom is -0.508 e. The van der Waals surface area contributed by atoms with Crippen molar-refractivity contribution in [3.63, 3.8) is 0 Å². The number of hydrogen-bond donors (Lipinski definition) is 28. The van der Waals surface area contributed by atoms with Crippen LogP contribution < -0.4 is 114 Å². The van der Waals surface area contributed by atoms with Crippen LogP contribution >= 0.6 is 0 Å². The number of carbonyl (C=O) groups is 16. The summed E-state index contributed by atoms with van der Waals surface area (Å²) in [5.41, 5.74) is 32.2. The number of carbonyl (C=O) groups excluding carboxylic acids is 15. The maximum Gasteiger partial charge on any atom is 0.326 e. The van der Waals surface area contributed by atoms with Crippen LogP contribution in [0.5, 0.6) is 11.5 Å². The Labute approximate surface area is 853 Å². The Balaban J connectivity index is 1.11. The van der Waals surface area contributed by atoms with Gasteiger partial charge in [-0.15, -0.1) is 0 Å². The van der Waals surface area contributed by atoms with E-state index in [9.17, 15) is 68.4 Å². The van der Waals surface area contributed by atoms with Gasteiger partial charge in [-0.25, -0.2) is 9.78 Å². The number of aromatic nitrogens is 3. The van der Waals surface area contributed by atoms with Crippen LogP contribution in [0.2, 0.25) is 0 Å². The Morgan fingerprint density at radius 2 is 0.748 bits per heavy atom. The van der Waals surface area contributed by atoms with E-state index in [1.165, 1.54) is 61.1 Å². The summed E-state index contributed by atoms with van der Waals surface area (Å²) in [6, 6.07) is 14.3. The number of aromatic amines is 2. The molecule has 45 heteroatoms. The molecule has 33 N–H and O–H groups in total. The number of nitrogens with one attached hydrogen (secondary N) is 19. The van der Waals surface area contributed by atoms with Gasteiger partial charge in [0, 0.05) is 74.1 Å². The predicted octanol–water partition coefficient (Wildman–Crippen LogP) is -1.22. The lowest BCUT2D eigenvalue weighted by atomic mass is 9.97. The number of amides is 15. The molecular formula is C102H147N25O20. The third-order valence-electron chi connectivity index (χ3n) is 24.6. The molecule has 0 fully saturated rings. The summed E-state index contributed by atoms with van der Waals surface area (Å²) in [5.74, 6) is -17.2. The van der Waals surface area contributed by atoms with E-state index in [0.29, 0.717) is 72.9 Å². The van der Waals surface area contributed by atoms with Crippen LogP contribution in [0.25, 0.3) is 10.9 Å². The molecule has 15 amide bonds. The quantitative estimate of drug-likeness (QED) is 0.0121. The van der Waals surface area contributed by atoms with Gasteiger partial charge in [0.15, 0.2) is 5.96 Å². The standard InChI is InChI=1S/C102H147N25O20/c1-8-60(6)86(101(146)147)126-97(142)81(51-66-54-111-71-29-16-15-28-70(66)71)122-91(136)74(32-19-22-44-105)116-90(135)73(31-18-21-43-104)117-93(138)76(46-58(2)3)119-92(137)75(33-23-45-110-102(107)108)118-95(140)79(48-63-26-13-10-14-27-63)123-99(144)85(59(4)5)125-98(143)82(52-67-55-109-57-113-67)124-100(145)87(61(7)128)127-96(141)80(50-65-36-40-69(130)41-37-65)121-94(139)78(47-62-24-11-9-12-25-62)115-84(132)56-112-88(133)77(49-64-34-38-68(129)39-35-64)120-89(134)72(30-17-20-42-103)114-83(131)53-106/h9-16,24-29,34-41,54-55,57-61,72-82,85-87,111,128-130H,8,17-23,30-33,42-53,56,103-106H2,1-7H3,(H,109,113)(H,112,133)(H,114,131)(H,115,132)(H,116,135)(H,117,138)(H,118,140)(H,119,137)(H,120,134)(H,121,139)(H,122,136)(H,123,144)(H,124,145)(H,125,143)(H,126,142)(H,127,141)(H,146,147)(H4,107,108,110)/t60-,61+,72-,73-,74-,75-,76-,77-,78-,79-,80-,81-,82-,85-,86-,87-/m0/s1.